The van der Waals surface area contributed by atoms with Crippen LogP contribution in [-0.4, -0.2) is 30.3 Å². The molecule has 1 aliphatic heterocycles. The van der Waals surface area contributed by atoms with Crippen molar-refractivity contribution in [3.05, 3.63) is 29.8 Å². The van der Waals surface area contributed by atoms with Gasteiger partial charge in [-0.25, -0.2) is 0 Å². The Morgan fingerprint density at radius 1 is 1.33 bits per heavy atom. The summed E-state index contributed by atoms with van der Waals surface area (Å²) < 4.78 is 0. The van der Waals surface area contributed by atoms with Gasteiger partial charge in [-0.1, -0.05) is 18.2 Å². The highest BCUT2D eigenvalue weighted by atomic mass is 16.3. The first-order valence-electron chi connectivity index (χ1n) is 6.95. The number of hydrogen-bond acceptors (Lipinski definition) is 3. The number of nitrogens with two attached hydrogens (primary N) is 1. The summed E-state index contributed by atoms with van der Waals surface area (Å²) >= 11 is 0. The zero-order valence-electron chi connectivity index (χ0n) is 10.8. The maximum Gasteiger partial charge on any atom is 0.0631 e. The van der Waals surface area contributed by atoms with Gasteiger partial charge < -0.3 is 15.7 Å². The fourth-order valence-electron chi connectivity index (χ4n) is 3.10. The lowest BCUT2D eigenvalue weighted by atomic mass is 9.92. The number of para-hydroxylation sites is 1. The average Bonchev–Trinajstić information content (AvgIpc) is 3.24. The summed E-state index contributed by atoms with van der Waals surface area (Å²) in [5.41, 5.74) is 8.72. The van der Waals surface area contributed by atoms with Crippen LogP contribution in [0, 0.1) is 5.92 Å². The second-order valence-corrected chi connectivity index (χ2v) is 5.82. The van der Waals surface area contributed by atoms with Gasteiger partial charge >= 0.3 is 0 Å². The molecule has 1 atom stereocenters. The Morgan fingerprint density at radius 3 is 2.83 bits per heavy atom. The lowest BCUT2D eigenvalue weighted by molar-refractivity contribution is 0.179. The fraction of sp³-hybridized carbons (Fsp3) is 0.600. The van der Waals surface area contributed by atoms with E-state index in [1.807, 2.05) is 0 Å². The van der Waals surface area contributed by atoms with Crippen LogP contribution in [-0.2, 0) is 6.42 Å². The van der Waals surface area contributed by atoms with E-state index in [1.165, 1.54) is 30.5 Å². The van der Waals surface area contributed by atoms with Crippen molar-refractivity contribution in [2.75, 3.05) is 24.6 Å². The summed E-state index contributed by atoms with van der Waals surface area (Å²) in [5, 5.41) is 9.62. The molecule has 1 aromatic carbocycles. The molecule has 98 valence electrons. The molecular weight excluding hydrogens is 224 g/mol. The molecule has 3 heteroatoms. The van der Waals surface area contributed by atoms with E-state index in [9.17, 15) is 5.11 Å². The van der Waals surface area contributed by atoms with Gasteiger partial charge in [0.1, 0.15) is 0 Å². The number of aryl methyl sites for hydroxylation is 1. The Morgan fingerprint density at radius 2 is 2.11 bits per heavy atom. The smallest absolute Gasteiger partial charge is 0.0631 e. The van der Waals surface area contributed by atoms with E-state index in [-0.39, 0.29) is 6.61 Å². The molecule has 2 aliphatic rings. The standard InChI is InChI=1S/C15H22N2O/c16-15(11-18,13-7-8-13)10-17-9-3-5-12-4-1-2-6-14(12)17/h1-2,4,6,13,18H,3,5,7-11,16H2. The largest absolute Gasteiger partial charge is 0.394 e. The number of fused-ring (bicyclic) bond motifs is 1. The molecule has 1 saturated carbocycles. The monoisotopic (exact) mass is 246 g/mol. The zero-order chi connectivity index (χ0) is 12.6. The number of anilines is 1. The van der Waals surface area contributed by atoms with Crippen molar-refractivity contribution in [3.63, 3.8) is 0 Å². The van der Waals surface area contributed by atoms with Gasteiger partial charge in [-0.05, 0) is 43.2 Å². The molecule has 3 nitrogen and oxygen atoms in total. The van der Waals surface area contributed by atoms with Crippen LogP contribution in [0.15, 0.2) is 24.3 Å². The molecular formula is C15H22N2O. The van der Waals surface area contributed by atoms with Crippen molar-refractivity contribution in [2.45, 2.75) is 31.2 Å². The number of rotatable bonds is 4. The van der Waals surface area contributed by atoms with Crippen LogP contribution in [0.3, 0.4) is 0 Å². The summed E-state index contributed by atoms with van der Waals surface area (Å²) in [6.07, 6.45) is 4.69. The molecule has 1 heterocycles. The van der Waals surface area contributed by atoms with Gasteiger partial charge in [-0.3, -0.25) is 0 Å². The van der Waals surface area contributed by atoms with E-state index >= 15 is 0 Å². The summed E-state index contributed by atoms with van der Waals surface area (Å²) in [7, 11) is 0. The SMILES string of the molecule is NC(CO)(CN1CCCc2ccccc21)C1CC1. The second kappa shape index (κ2) is 4.56. The molecule has 0 bridgehead atoms. The third kappa shape index (κ3) is 2.13. The van der Waals surface area contributed by atoms with Crippen LogP contribution in [0.1, 0.15) is 24.8 Å². The molecule has 18 heavy (non-hydrogen) atoms. The van der Waals surface area contributed by atoms with E-state index < -0.39 is 5.54 Å². The minimum Gasteiger partial charge on any atom is -0.394 e. The number of nitrogens with zero attached hydrogens (tertiary/aromatic N) is 1. The van der Waals surface area contributed by atoms with Crippen molar-refractivity contribution < 1.29 is 5.11 Å². The Bertz CT molecular complexity index is 430. The Kier molecular flexibility index (Phi) is 3.04. The van der Waals surface area contributed by atoms with Crippen LogP contribution in [0.5, 0.6) is 0 Å². The van der Waals surface area contributed by atoms with E-state index in [4.69, 9.17) is 5.73 Å². The molecule has 0 spiro atoms. The highest BCUT2D eigenvalue weighted by Gasteiger charge is 2.43. The first-order valence-corrected chi connectivity index (χ1v) is 6.95. The van der Waals surface area contributed by atoms with Gasteiger partial charge in [-0.2, -0.15) is 0 Å². The molecule has 1 unspecified atom stereocenters. The van der Waals surface area contributed by atoms with Crippen LogP contribution in [0.4, 0.5) is 5.69 Å². The minimum atomic E-state index is -0.412. The second-order valence-electron chi connectivity index (χ2n) is 5.82. The van der Waals surface area contributed by atoms with Crippen LogP contribution in [0.25, 0.3) is 0 Å². The van der Waals surface area contributed by atoms with Crippen molar-refractivity contribution in [3.8, 4) is 0 Å². The van der Waals surface area contributed by atoms with E-state index in [1.54, 1.807) is 0 Å². The third-order valence-corrected chi connectivity index (χ3v) is 4.38. The number of benzene rings is 1. The maximum atomic E-state index is 9.62. The Labute approximate surface area is 109 Å². The van der Waals surface area contributed by atoms with E-state index in [2.05, 4.69) is 29.2 Å². The first kappa shape index (κ1) is 12.0. The predicted molar refractivity (Wildman–Crippen MR) is 73.7 cm³/mol. The molecule has 0 saturated heterocycles. The van der Waals surface area contributed by atoms with E-state index in [0.717, 1.165) is 19.5 Å². The molecule has 1 fully saturated rings. The number of aliphatic hydroxyl groups excluding tert-OH is 1. The molecule has 1 aliphatic carbocycles. The Balaban J connectivity index is 1.81. The fourth-order valence-corrected chi connectivity index (χ4v) is 3.10. The van der Waals surface area contributed by atoms with Crippen molar-refractivity contribution in [2.24, 2.45) is 11.7 Å². The van der Waals surface area contributed by atoms with Crippen LogP contribution in [0.2, 0.25) is 0 Å². The maximum absolute atomic E-state index is 9.62. The third-order valence-electron chi connectivity index (χ3n) is 4.38. The molecule has 1 aromatic rings. The lowest BCUT2D eigenvalue weighted by Gasteiger charge is -2.38. The minimum absolute atomic E-state index is 0.0936. The predicted octanol–water partition coefficient (Wildman–Crippen LogP) is 1.54. The quantitative estimate of drug-likeness (QED) is 0.847. The summed E-state index contributed by atoms with van der Waals surface area (Å²) in [4.78, 5) is 2.37. The average molecular weight is 246 g/mol. The molecule has 3 rings (SSSR count). The summed E-state index contributed by atoms with van der Waals surface area (Å²) in [6, 6.07) is 8.57. The van der Waals surface area contributed by atoms with Gasteiger partial charge in [-0.15, -0.1) is 0 Å². The highest BCUT2D eigenvalue weighted by Crippen LogP contribution is 2.39. The van der Waals surface area contributed by atoms with Crippen LogP contribution < -0.4 is 10.6 Å². The lowest BCUT2D eigenvalue weighted by Crippen LogP contribution is -2.55. The molecule has 0 amide bonds. The zero-order valence-corrected chi connectivity index (χ0v) is 10.8. The van der Waals surface area contributed by atoms with E-state index in [0.29, 0.717) is 5.92 Å². The molecule has 0 aromatic heterocycles. The topological polar surface area (TPSA) is 49.5 Å². The van der Waals surface area contributed by atoms with Gasteiger partial charge in [0.15, 0.2) is 0 Å². The Hall–Kier alpha value is -1.06. The first-order chi connectivity index (χ1) is 8.73. The van der Waals surface area contributed by atoms with Gasteiger partial charge in [0.25, 0.3) is 0 Å². The number of aliphatic hydroxyl groups is 1. The normalized spacial score (nSPS) is 22.4. The van der Waals surface area contributed by atoms with Crippen molar-refractivity contribution >= 4 is 5.69 Å². The summed E-state index contributed by atoms with van der Waals surface area (Å²) in [6.45, 7) is 1.93. The molecule has 0 radical (unpaired) electrons. The highest BCUT2D eigenvalue weighted by molar-refractivity contribution is 5.55. The van der Waals surface area contributed by atoms with Gasteiger partial charge in [0.05, 0.1) is 12.1 Å². The number of hydrogen-bond donors (Lipinski definition) is 2. The van der Waals surface area contributed by atoms with Gasteiger partial charge in [0.2, 0.25) is 0 Å². The molecule has 3 N–H and O–H groups in total. The summed E-state index contributed by atoms with van der Waals surface area (Å²) in [5.74, 6) is 0.511. The van der Waals surface area contributed by atoms with Gasteiger partial charge in [0, 0.05) is 18.8 Å². The van der Waals surface area contributed by atoms with Crippen molar-refractivity contribution in [1.29, 1.82) is 0 Å². The van der Waals surface area contributed by atoms with Crippen molar-refractivity contribution in [1.82, 2.24) is 0 Å². The van der Waals surface area contributed by atoms with Crippen LogP contribution >= 0.6 is 0 Å².